The molecule has 72 valence electrons. The molecule has 1 N–H and O–H groups in total. The van der Waals surface area contributed by atoms with Crippen LogP contribution in [0.5, 0.6) is 0 Å². The van der Waals surface area contributed by atoms with E-state index in [4.69, 9.17) is 4.74 Å². The molecule has 1 heterocycles. The Bertz CT molecular complexity index is 119. The van der Waals surface area contributed by atoms with Crippen LogP contribution in [0.1, 0.15) is 13.3 Å². The third kappa shape index (κ3) is 2.73. The second-order valence-electron chi connectivity index (χ2n) is 3.27. The lowest BCUT2D eigenvalue weighted by Gasteiger charge is -2.27. The highest BCUT2D eigenvalue weighted by Gasteiger charge is 2.18. The summed E-state index contributed by atoms with van der Waals surface area (Å²) in [6.45, 7) is 7.38. The molecular formula is C9H20N2O. The fourth-order valence-electron chi connectivity index (χ4n) is 1.72. The van der Waals surface area contributed by atoms with Gasteiger partial charge >= 0.3 is 0 Å². The fourth-order valence-corrected chi connectivity index (χ4v) is 1.72. The summed E-state index contributed by atoms with van der Waals surface area (Å²) in [4.78, 5) is 2.49. The van der Waals surface area contributed by atoms with Crippen LogP contribution >= 0.6 is 0 Å². The van der Waals surface area contributed by atoms with Crippen LogP contribution in [0.4, 0.5) is 0 Å². The minimum absolute atomic E-state index is 0.572. The topological polar surface area (TPSA) is 24.5 Å². The van der Waals surface area contributed by atoms with Gasteiger partial charge in [0.1, 0.15) is 0 Å². The first-order valence-electron chi connectivity index (χ1n) is 4.85. The van der Waals surface area contributed by atoms with E-state index in [0.29, 0.717) is 6.04 Å². The SMILES string of the molecule is CCN1CCCOCC1CNC. The van der Waals surface area contributed by atoms with Gasteiger partial charge in [0.2, 0.25) is 0 Å². The number of ether oxygens (including phenoxy) is 1. The monoisotopic (exact) mass is 172 g/mol. The van der Waals surface area contributed by atoms with Gasteiger partial charge in [-0.3, -0.25) is 4.90 Å². The first-order valence-corrected chi connectivity index (χ1v) is 4.85. The molecule has 12 heavy (non-hydrogen) atoms. The van der Waals surface area contributed by atoms with Crippen molar-refractivity contribution in [3.63, 3.8) is 0 Å². The highest BCUT2D eigenvalue weighted by Crippen LogP contribution is 2.05. The van der Waals surface area contributed by atoms with Crippen molar-refractivity contribution in [2.24, 2.45) is 0 Å². The number of hydrogen-bond donors (Lipinski definition) is 1. The van der Waals surface area contributed by atoms with E-state index in [1.807, 2.05) is 7.05 Å². The van der Waals surface area contributed by atoms with Crippen LogP contribution in [0, 0.1) is 0 Å². The smallest absolute Gasteiger partial charge is 0.0634 e. The summed E-state index contributed by atoms with van der Waals surface area (Å²) >= 11 is 0. The van der Waals surface area contributed by atoms with Gasteiger partial charge in [-0.1, -0.05) is 6.92 Å². The normalized spacial score (nSPS) is 27.0. The van der Waals surface area contributed by atoms with Gasteiger partial charge in [0, 0.05) is 25.7 Å². The second kappa shape index (κ2) is 5.51. The van der Waals surface area contributed by atoms with Crippen molar-refractivity contribution in [1.29, 1.82) is 0 Å². The van der Waals surface area contributed by atoms with Crippen molar-refractivity contribution >= 4 is 0 Å². The van der Waals surface area contributed by atoms with Crippen molar-refractivity contribution < 1.29 is 4.74 Å². The molecule has 0 bridgehead atoms. The van der Waals surface area contributed by atoms with Crippen LogP contribution in [0.25, 0.3) is 0 Å². The highest BCUT2D eigenvalue weighted by molar-refractivity contribution is 4.74. The Morgan fingerprint density at radius 1 is 1.58 bits per heavy atom. The van der Waals surface area contributed by atoms with E-state index in [-0.39, 0.29) is 0 Å². The second-order valence-corrected chi connectivity index (χ2v) is 3.27. The minimum Gasteiger partial charge on any atom is -0.380 e. The van der Waals surface area contributed by atoms with Crippen LogP contribution in [-0.4, -0.2) is 50.8 Å². The van der Waals surface area contributed by atoms with E-state index < -0.39 is 0 Å². The van der Waals surface area contributed by atoms with Gasteiger partial charge in [-0.2, -0.15) is 0 Å². The Labute approximate surface area is 75.1 Å². The predicted octanol–water partition coefficient (Wildman–Crippen LogP) is 0.317. The maximum atomic E-state index is 5.51. The van der Waals surface area contributed by atoms with Crippen molar-refractivity contribution in [2.75, 3.05) is 39.9 Å². The van der Waals surface area contributed by atoms with E-state index in [2.05, 4.69) is 17.1 Å². The molecule has 0 aliphatic carbocycles. The van der Waals surface area contributed by atoms with Gasteiger partial charge < -0.3 is 10.1 Å². The van der Waals surface area contributed by atoms with Crippen LogP contribution in [-0.2, 0) is 4.74 Å². The highest BCUT2D eigenvalue weighted by atomic mass is 16.5. The molecule has 1 rings (SSSR count). The molecule has 1 fully saturated rings. The van der Waals surface area contributed by atoms with E-state index in [0.717, 1.165) is 26.3 Å². The number of rotatable bonds is 3. The van der Waals surface area contributed by atoms with Crippen molar-refractivity contribution in [2.45, 2.75) is 19.4 Å². The van der Waals surface area contributed by atoms with Crippen LogP contribution in [0.15, 0.2) is 0 Å². The molecule has 0 aromatic heterocycles. The Balaban J connectivity index is 2.39. The maximum Gasteiger partial charge on any atom is 0.0634 e. The predicted molar refractivity (Wildman–Crippen MR) is 50.4 cm³/mol. The molecule has 0 aromatic carbocycles. The van der Waals surface area contributed by atoms with E-state index in [1.165, 1.54) is 13.0 Å². The Morgan fingerprint density at radius 3 is 3.08 bits per heavy atom. The summed E-state index contributed by atoms with van der Waals surface area (Å²) in [5, 5.41) is 3.21. The van der Waals surface area contributed by atoms with E-state index >= 15 is 0 Å². The van der Waals surface area contributed by atoms with Gasteiger partial charge in [0.15, 0.2) is 0 Å². The van der Waals surface area contributed by atoms with E-state index in [9.17, 15) is 0 Å². The molecule has 3 heteroatoms. The summed E-state index contributed by atoms with van der Waals surface area (Å²) in [6, 6.07) is 0.572. The summed E-state index contributed by atoms with van der Waals surface area (Å²) in [7, 11) is 2.00. The summed E-state index contributed by atoms with van der Waals surface area (Å²) in [5.74, 6) is 0. The first kappa shape index (κ1) is 9.96. The van der Waals surface area contributed by atoms with Crippen LogP contribution in [0.3, 0.4) is 0 Å². The molecule has 1 aliphatic rings. The molecular weight excluding hydrogens is 152 g/mol. The summed E-state index contributed by atoms with van der Waals surface area (Å²) < 4.78 is 5.51. The van der Waals surface area contributed by atoms with Gasteiger partial charge in [-0.15, -0.1) is 0 Å². The third-order valence-electron chi connectivity index (χ3n) is 2.41. The lowest BCUT2D eigenvalue weighted by molar-refractivity contribution is 0.103. The number of likely N-dealkylation sites (N-methyl/N-ethyl adjacent to an activating group) is 2. The average Bonchev–Trinajstić information content (AvgIpc) is 2.30. The average molecular weight is 172 g/mol. The molecule has 0 aromatic rings. The molecule has 0 saturated carbocycles. The molecule has 1 saturated heterocycles. The molecule has 0 amide bonds. The number of hydrogen-bond acceptors (Lipinski definition) is 3. The van der Waals surface area contributed by atoms with Gasteiger partial charge in [0.05, 0.1) is 6.61 Å². The maximum absolute atomic E-state index is 5.51. The molecule has 0 spiro atoms. The van der Waals surface area contributed by atoms with Gasteiger partial charge in [0.25, 0.3) is 0 Å². The molecule has 3 nitrogen and oxygen atoms in total. The minimum atomic E-state index is 0.572. The zero-order chi connectivity index (χ0) is 8.81. The first-order chi connectivity index (χ1) is 5.88. The van der Waals surface area contributed by atoms with Gasteiger partial charge in [-0.05, 0) is 20.0 Å². The zero-order valence-corrected chi connectivity index (χ0v) is 8.18. The largest absolute Gasteiger partial charge is 0.380 e. The van der Waals surface area contributed by atoms with Crippen LogP contribution in [0.2, 0.25) is 0 Å². The Morgan fingerprint density at radius 2 is 2.42 bits per heavy atom. The lowest BCUT2D eigenvalue weighted by atomic mass is 10.2. The zero-order valence-electron chi connectivity index (χ0n) is 8.18. The molecule has 1 unspecified atom stereocenters. The van der Waals surface area contributed by atoms with Crippen LogP contribution < -0.4 is 5.32 Å². The lowest BCUT2D eigenvalue weighted by Crippen LogP contribution is -2.43. The summed E-state index contributed by atoms with van der Waals surface area (Å²) in [6.07, 6.45) is 1.17. The molecule has 1 atom stereocenters. The fraction of sp³-hybridized carbons (Fsp3) is 1.00. The van der Waals surface area contributed by atoms with Crippen molar-refractivity contribution in [3.8, 4) is 0 Å². The van der Waals surface area contributed by atoms with Crippen molar-refractivity contribution in [3.05, 3.63) is 0 Å². The summed E-state index contributed by atoms with van der Waals surface area (Å²) in [5.41, 5.74) is 0. The number of nitrogens with zero attached hydrogens (tertiary/aromatic N) is 1. The Hall–Kier alpha value is -0.120. The molecule has 1 aliphatic heterocycles. The van der Waals surface area contributed by atoms with Gasteiger partial charge in [-0.25, -0.2) is 0 Å². The van der Waals surface area contributed by atoms with E-state index in [1.54, 1.807) is 0 Å². The van der Waals surface area contributed by atoms with Crippen molar-refractivity contribution in [1.82, 2.24) is 10.2 Å². The number of nitrogens with one attached hydrogen (secondary N) is 1. The third-order valence-corrected chi connectivity index (χ3v) is 2.41. The Kier molecular flexibility index (Phi) is 4.58. The standard InChI is InChI=1S/C9H20N2O/c1-3-11-5-4-6-12-8-9(11)7-10-2/h9-10H,3-8H2,1-2H3. The quantitative estimate of drug-likeness (QED) is 0.663. The molecule has 0 radical (unpaired) electrons.